The van der Waals surface area contributed by atoms with Gasteiger partial charge in [0.2, 0.25) is 0 Å². The summed E-state index contributed by atoms with van der Waals surface area (Å²) in [7, 11) is 0. The minimum atomic E-state index is -1.81. The van der Waals surface area contributed by atoms with Crippen LogP contribution in [0.3, 0.4) is 0 Å². The number of carbonyl (C=O) groups is 1. The van der Waals surface area contributed by atoms with Gasteiger partial charge < -0.3 is 0 Å². The summed E-state index contributed by atoms with van der Waals surface area (Å²) in [4.78, 5) is 18.6. The number of ketones is 1. The van der Waals surface area contributed by atoms with Crippen LogP contribution in [0.5, 0.6) is 0 Å². The van der Waals surface area contributed by atoms with E-state index in [9.17, 15) is 4.79 Å². The van der Waals surface area contributed by atoms with Crippen molar-refractivity contribution in [3.8, 4) is 0 Å². The minimum Gasteiger partial charge on any atom is -0.293 e. The van der Waals surface area contributed by atoms with Gasteiger partial charge in [0, 0.05) is 12.8 Å². The standard InChI is InChI=1S/C6H10O5/c7-5-3-1-2-4-6(5,10-8)11-9/h8-9H,1-4H2. The molecule has 5 nitrogen and oxygen atoms in total. The van der Waals surface area contributed by atoms with Crippen LogP contribution in [0.25, 0.3) is 0 Å². The molecule has 0 unspecified atom stereocenters. The van der Waals surface area contributed by atoms with Crippen LogP contribution in [0.4, 0.5) is 0 Å². The predicted octanol–water partition coefficient (Wildman–Crippen LogP) is 0.805. The van der Waals surface area contributed by atoms with E-state index in [4.69, 9.17) is 10.5 Å². The molecule has 0 atom stereocenters. The average molecular weight is 162 g/mol. The van der Waals surface area contributed by atoms with E-state index in [-0.39, 0.29) is 12.8 Å². The summed E-state index contributed by atoms with van der Waals surface area (Å²) >= 11 is 0. The average Bonchev–Trinajstić information content (AvgIpc) is 2.06. The summed E-state index contributed by atoms with van der Waals surface area (Å²) < 4.78 is 0. The summed E-state index contributed by atoms with van der Waals surface area (Å²) in [6.07, 6.45) is 1.89. The van der Waals surface area contributed by atoms with Crippen molar-refractivity contribution in [3.63, 3.8) is 0 Å². The molecule has 0 aromatic heterocycles. The Labute approximate surface area is 63.4 Å². The quantitative estimate of drug-likeness (QED) is 0.357. The zero-order valence-electron chi connectivity index (χ0n) is 5.95. The Hall–Kier alpha value is -0.490. The van der Waals surface area contributed by atoms with Crippen molar-refractivity contribution < 1.29 is 25.1 Å². The lowest BCUT2D eigenvalue weighted by atomic mass is 9.93. The second-order valence-corrected chi connectivity index (χ2v) is 2.57. The monoisotopic (exact) mass is 162 g/mol. The largest absolute Gasteiger partial charge is 0.293 e. The van der Waals surface area contributed by atoms with Crippen LogP contribution in [0.2, 0.25) is 0 Å². The van der Waals surface area contributed by atoms with E-state index in [2.05, 4.69) is 9.78 Å². The van der Waals surface area contributed by atoms with E-state index < -0.39 is 11.6 Å². The minimum absolute atomic E-state index is 0.193. The van der Waals surface area contributed by atoms with Crippen molar-refractivity contribution in [3.05, 3.63) is 0 Å². The van der Waals surface area contributed by atoms with Gasteiger partial charge in [-0.15, -0.1) is 0 Å². The van der Waals surface area contributed by atoms with E-state index >= 15 is 0 Å². The number of Topliss-reactive ketones (excluding diaryl/α,β-unsaturated/α-hetero) is 1. The van der Waals surface area contributed by atoms with Crippen LogP contribution in [0.15, 0.2) is 0 Å². The predicted molar refractivity (Wildman–Crippen MR) is 33.6 cm³/mol. The Kier molecular flexibility index (Phi) is 2.56. The van der Waals surface area contributed by atoms with Crippen molar-refractivity contribution >= 4 is 5.78 Å². The fraction of sp³-hybridized carbons (Fsp3) is 0.833. The van der Waals surface area contributed by atoms with Crippen LogP contribution in [0.1, 0.15) is 25.7 Å². The fourth-order valence-electron chi connectivity index (χ4n) is 1.18. The second-order valence-electron chi connectivity index (χ2n) is 2.57. The molecule has 64 valence electrons. The molecule has 1 saturated carbocycles. The summed E-state index contributed by atoms with van der Waals surface area (Å²) in [5.74, 6) is -2.23. The van der Waals surface area contributed by atoms with Crippen molar-refractivity contribution in [1.82, 2.24) is 0 Å². The fourth-order valence-corrected chi connectivity index (χ4v) is 1.18. The third-order valence-electron chi connectivity index (χ3n) is 1.88. The number of hydrogen-bond donors (Lipinski definition) is 2. The highest BCUT2D eigenvalue weighted by atomic mass is 17.2. The molecular formula is C6H10O5. The van der Waals surface area contributed by atoms with Crippen molar-refractivity contribution in [1.29, 1.82) is 0 Å². The molecule has 0 spiro atoms. The Bertz CT molecular complexity index is 151. The lowest BCUT2D eigenvalue weighted by Gasteiger charge is -2.28. The highest BCUT2D eigenvalue weighted by Gasteiger charge is 2.43. The molecule has 0 aromatic carbocycles. The molecule has 0 aliphatic heterocycles. The van der Waals surface area contributed by atoms with Crippen molar-refractivity contribution in [2.75, 3.05) is 0 Å². The maximum absolute atomic E-state index is 11.0. The molecular weight excluding hydrogens is 152 g/mol. The molecule has 5 heteroatoms. The first-order valence-electron chi connectivity index (χ1n) is 3.43. The van der Waals surface area contributed by atoms with Gasteiger partial charge in [-0.05, 0) is 12.8 Å². The first kappa shape index (κ1) is 8.61. The van der Waals surface area contributed by atoms with E-state index in [0.717, 1.165) is 6.42 Å². The maximum atomic E-state index is 11.0. The second kappa shape index (κ2) is 3.27. The third-order valence-corrected chi connectivity index (χ3v) is 1.88. The topological polar surface area (TPSA) is 76.0 Å². The zero-order valence-corrected chi connectivity index (χ0v) is 5.95. The molecule has 0 heterocycles. The van der Waals surface area contributed by atoms with Gasteiger partial charge in [-0.3, -0.25) is 4.79 Å². The molecule has 1 aliphatic carbocycles. The Balaban J connectivity index is 2.69. The zero-order chi connectivity index (χ0) is 8.32. The Morgan fingerprint density at radius 1 is 1.27 bits per heavy atom. The molecule has 11 heavy (non-hydrogen) atoms. The number of hydrogen-bond acceptors (Lipinski definition) is 5. The molecule has 0 saturated heterocycles. The lowest BCUT2D eigenvalue weighted by Crippen LogP contribution is -2.45. The van der Waals surface area contributed by atoms with E-state index in [0.29, 0.717) is 6.42 Å². The van der Waals surface area contributed by atoms with Crippen LogP contribution in [-0.2, 0) is 14.6 Å². The highest BCUT2D eigenvalue weighted by molar-refractivity contribution is 5.86. The van der Waals surface area contributed by atoms with Gasteiger partial charge in [0.05, 0.1) is 0 Å². The maximum Gasteiger partial charge on any atom is 0.290 e. The van der Waals surface area contributed by atoms with Gasteiger partial charge in [0.15, 0.2) is 5.78 Å². The summed E-state index contributed by atoms with van der Waals surface area (Å²) in [6.45, 7) is 0. The van der Waals surface area contributed by atoms with E-state index in [1.54, 1.807) is 0 Å². The Morgan fingerprint density at radius 3 is 2.27 bits per heavy atom. The van der Waals surface area contributed by atoms with Crippen molar-refractivity contribution in [2.45, 2.75) is 31.5 Å². The first-order valence-corrected chi connectivity index (χ1v) is 3.43. The molecule has 1 fully saturated rings. The van der Waals surface area contributed by atoms with Crippen LogP contribution >= 0.6 is 0 Å². The van der Waals surface area contributed by atoms with Crippen LogP contribution in [0, 0.1) is 0 Å². The van der Waals surface area contributed by atoms with Crippen LogP contribution < -0.4 is 0 Å². The van der Waals surface area contributed by atoms with Gasteiger partial charge in [-0.1, -0.05) is 0 Å². The Morgan fingerprint density at radius 2 is 1.91 bits per heavy atom. The van der Waals surface area contributed by atoms with Gasteiger partial charge >= 0.3 is 0 Å². The van der Waals surface area contributed by atoms with Gasteiger partial charge in [0.1, 0.15) is 0 Å². The summed E-state index contributed by atoms with van der Waals surface area (Å²) in [5, 5.41) is 16.6. The molecule has 0 bridgehead atoms. The van der Waals surface area contributed by atoms with Crippen LogP contribution in [-0.4, -0.2) is 22.1 Å². The molecule has 0 amide bonds. The third kappa shape index (κ3) is 1.41. The van der Waals surface area contributed by atoms with Gasteiger partial charge in [0.25, 0.3) is 5.79 Å². The normalized spacial score (nSPS) is 23.6. The molecule has 0 aromatic rings. The highest BCUT2D eigenvalue weighted by Crippen LogP contribution is 2.28. The summed E-state index contributed by atoms with van der Waals surface area (Å²) in [5.41, 5.74) is 0. The smallest absolute Gasteiger partial charge is 0.290 e. The van der Waals surface area contributed by atoms with Gasteiger partial charge in [-0.2, -0.15) is 9.78 Å². The van der Waals surface area contributed by atoms with Gasteiger partial charge in [-0.25, -0.2) is 10.5 Å². The number of rotatable bonds is 2. The first-order chi connectivity index (χ1) is 5.25. The van der Waals surface area contributed by atoms with E-state index in [1.165, 1.54) is 0 Å². The molecule has 2 N–H and O–H groups in total. The SMILES string of the molecule is O=C1CCCCC1(OO)OO. The molecule has 1 rings (SSSR count). The molecule has 1 aliphatic rings. The van der Waals surface area contributed by atoms with E-state index in [1.807, 2.05) is 0 Å². The van der Waals surface area contributed by atoms with Crippen molar-refractivity contribution in [2.24, 2.45) is 0 Å². The lowest BCUT2D eigenvalue weighted by molar-refractivity contribution is -0.469. The number of carbonyl (C=O) groups excluding carboxylic acids is 1. The summed E-state index contributed by atoms with van der Waals surface area (Å²) in [6, 6.07) is 0. The molecule has 0 radical (unpaired) electrons.